The molecule has 1 saturated heterocycles. The number of hydrogen-bond acceptors (Lipinski definition) is 4. The van der Waals surface area contributed by atoms with E-state index in [9.17, 15) is 8.42 Å². The summed E-state index contributed by atoms with van der Waals surface area (Å²) in [5, 5.41) is 3.04. The van der Waals surface area contributed by atoms with Gasteiger partial charge in [-0.2, -0.15) is 4.31 Å². The third-order valence-electron chi connectivity index (χ3n) is 3.92. The van der Waals surface area contributed by atoms with Crippen LogP contribution in [-0.2, 0) is 16.6 Å². The minimum atomic E-state index is -3.52. The SMILES string of the molecule is CNCc1ccc(OC)c(S(=O)(=O)N2CC(C)CC2C)c1. The van der Waals surface area contributed by atoms with Gasteiger partial charge < -0.3 is 10.1 Å². The first-order valence-corrected chi connectivity index (χ1v) is 8.67. The number of rotatable bonds is 5. The van der Waals surface area contributed by atoms with Crippen molar-refractivity contribution in [1.82, 2.24) is 9.62 Å². The predicted molar refractivity (Wildman–Crippen MR) is 82.9 cm³/mol. The fourth-order valence-corrected chi connectivity index (χ4v) is 4.93. The highest BCUT2D eigenvalue weighted by Crippen LogP contribution is 2.33. The molecule has 0 saturated carbocycles. The van der Waals surface area contributed by atoms with Crippen LogP contribution in [0.5, 0.6) is 5.75 Å². The molecule has 1 aliphatic rings. The average molecular weight is 312 g/mol. The highest BCUT2D eigenvalue weighted by molar-refractivity contribution is 7.89. The molecule has 0 radical (unpaired) electrons. The van der Waals surface area contributed by atoms with E-state index < -0.39 is 10.0 Å². The summed E-state index contributed by atoms with van der Waals surface area (Å²) in [6.07, 6.45) is 0.901. The van der Waals surface area contributed by atoms with Crippen LogP contribution in [0.4, 0.5) is 0 Å². The highest BCUT2D eigenvalue weighted by Gasteiger charge is 2.37. The Balaban J connectivity index is 2.45. The zero-order valence-electron chi connectivity index (χ0n) is 13.1. The first kappa shape index (κ1) is 16.3. The molecule has 1 aromatic carbocycles. The van der Waals surface area contributed by atoms with Crippen molar-refractivity contribution in [2.75, 3.05) is 20.7 Å². The molecule has 2 rings (SSSR count). The van der Waals surface area contributed by atoms with Gasteiger partial charge in [0.05, 0.1) is 7.11 Å². The van der Waals surface area contributed by atoms with Crippen LogP contribution in [0.3, 0.4) is 0 Å². The zero-order chi connectivity index (χ0) is 15.6. The van der Waals surface area contributed by atoms with Gasteiger partial charge in [0.15, 0.2) is 0 Å². The summed E-state index contributed by atoms with van der Waals surface area (Å²) >= 11 is 0. The maximum atomic E-state index is 13.0. The molecule has 118 valence electrons. The van der Waals surface area contributed by atoms with Crippen molar-refractivity contribution in [2.45, 2.75) is 37.8 Å². The van der Waals surface area contributed by atoms with Crippen LogP contribution in [0.2, 0.25) is 0 Å². The molecule has 1 aromatic rings. The normalized spacial score (nSPS) is 23.4. The van der Waals surface area contributed by atoms with E-state index in [4.69, 9.17) is 4.74 Å². The molecule has 1 aliphatic heterocycles. The van der Waals surface area contributed by atoms with E-state index in [2.05, 4.69) is 12.2 Å². The lowest BCUT2D eigenvalue weighted by atomic mass is 10.1. The lowest BCUT2D eigenvalue weighted by molar-refractivity contribution is 0.385. The van der Waals surface area contributed by atoms with E-state index in [-0.39, 0.29) is 10.9 Å². The second kappa shape index (κ2) is 6.34. The summed E-state index contributed by atoms with van der Waals surface area (Å²) in [7, 11) is -0.186. The third-order valence-corrected chi connectivity index (χ3v) is 5.92. The molecule has 0 spiro atoms. The molecule has 21 heavy (non-hydrogen) atoms. The van der Waals surface area contributed by atoms with Gasteiger partial charge in [-0.05, 0) is 44.0 Å². The summed E-state index contributed by atoms with van der Waals surface area (Å²) in [5.41, 5.74) is 0.928. The molecular weight excluding hydrogens is 288 g/mol. The maximum Gasteiger partial charge on any atom is 0.247 e. The Labute approximate surface area is 127 Å². The van der Waals surface area contributed by atoms with Gasteiger partial charge in [-0.25, -0.2) is 8.42 Å². The monoisotopic (exact) mass is 312 g/mol. The predicted octanol–water partition coefficient (Wildman–Crippen LogP) is 1.83. The Morgan fingerprint density at radius 2 is 2.10 bits per heavy atom. The number of hydrogen-bond donors (Lipinski definition) is 1. The molecule has 0 aliphatic carbocycles. The average Bonchev–Trinajstić information content (AvgIpc) is 2.79. The van der Waals surface area contributed by atoms with Crippen molar-refractivity contribution in [1.29, 1.82) is 0 Å². The third kappa shape index (κ3) is 3.22. The summed E-state index contributed by atoms with van der Waals surface area (Å²) in [6.45, 7) is 5.24. The molecule has 5 nitrogen and oxygen atoms in total. The smallest absolute Gasteiger partial charge is 0.247 e. The van der Waals surface area contributed by atoms with E-state index in [0.29, 0.717) is 24.8 Å². The molecule has 1 fully saturated rings. The zero-order valence-corrected chi connectivity index (χ0v) is 13.9. The molecule has 1 heterocycles. The van der Waals surface area contributed by atoms with E-state index in [1.807, 2.05) is 20.0 Å². The van der Waals surface area contributed by atoms with Crippen LogP contribution in [0, 0.1) is 5.92 Å². The highest BCUT2D eigenvalue weighted by atomic mass is 32.2. The van der Waals surface area contributed by atoms with Crippen molar-refractivity contribution in [2.24, 2.45) is 5.92 Å². The topological polar surface area (TPSA) is 58.6 Å². The minimum Gasteiger partial charge on any atom is -0.495 e. The van der Waals surface area contributed by atoms with E-state index in [1.54, 1.807) is 16.4 Å². The van der Waals surface area contributed by atoms with Crippen LogP contribution in [0.15, 0.2) is 23.1 Å². The molecule has 2 unspecified atom stereocenters. The lowest BCUT2D eigenvalue weighted by Gasteiger charge is -2.22. The number of benzene rings is 1. The summed E-state index contributed by atoms with van der Waals surface area (Å²) in [5.74, 6) is 0.794. The second-order valence-electron chi connectivity index (χ2n) is 5.78. The molecule has 6 heteroatoms. The van der Waals surface area contributed by atoms with Crippen LogP contribution in [-0.4, -0.2) is 39.5 Å². The van der Waals surface area contributed by atoms with Gasteiger partial charge in [0.25, 0.3) is 0 Å². The molecule has 0 bridgehead atoms. The Morgan fingerprint density at radius 1 is 1.38 bits per heavy atom. The fraction of sp³-hybridized carbons (Fsp3) is 0.600. The maximum absolute atomic E-state index is 13.0. The van der Waals surface area contributed by atoms with Gasteiger partial charge in [0, 0.05) is 19.1 Å². The van der Waals surface area contributed by atoms with Gasteiger partial charge in [-0.1, -0.05) is 13.0 Å². The number of nitrogens with one attached hydrogen (secondary N) is 1. The first-order chi connectivity index (χ1) is 9.90. The largest absolute Gasteiger partial charge is 0.495 e. The molecule has 2 atom stereocenters. The number of nitrogens with zero attached hydrogens (tertiary/aromatic N) is 1. The number of methoxy groups -OCH3 is 1. The Kier molecular flexibility index (Phi) is 4.91. The van der Waals surface area contributed by atoms with Gasteiger partial charge in [0.2, 0.25) is 10.0 Å². The van der Waals surface area contributed by atoms with Crippen molar-refractivity contribution < 1.29 is 13.2 Å². The van der Waals surface area contributed by atoms with E-state index in [0.717, 1.165) is 12.0 Å². The number of ether oxygens (including phenoxy) is 1. The Hall–Kier alpha value is -1.11. The van der Waals surface area contributed by atoms with Crippen molar-refractivity contribution in [3.63, 3.8) is 0 Å². The second-order valence-corrected chi connectivity index (χ2v) is 7.64. The molecular formula is C15H24N2O3S. The van der Waals surface area contributed by atoms with E-state index >= 15 is 0 Å². The van der Waals surface area contributed by atoms with Gasteiger partial charge >= 0.3 is 0 Å². The van der Waals surface area contributed by atoms with Crippen LogP contribution in [0.1, 0.15) is 25.8 Å². The molecule has 0 amide bonds. The van der Waals surface area contributed by atoms with Crippen molar-refractivity contribution in [3.05, 3.63) is 23.8 Å². The first-order valence-electron chi connectivity index (χ1n) is 7.23. The fourth-order valence-electron chi connectivity index (χ4n) is 2.96. The molecule has 0 aromatic heterocycles. The summed E-state index contributed by atoms with van der Waals surface area (Å²) in [4.78, 5) is 0.263. The lowest BCUT2D eigenvalue weighted by Crippen LogP contribution is -2.34. The van der Waals surface area contributed by atoms with Crippen molar-refractivity contribution in [3.8, 4) is 5.75 Å². The van der Waals surface area contributed by atoms with Crippen LogP contribution < -0.4 is 10.1 Å². The van der Waals surface area contributed by atoms with Crippen molar-refractivity contribution >= 4 is 10.0 Å². The Bertz CT molecular complexity index is 601. The van der Waals surface area contributed by atoms with Gasteiger partial charge in [0.1, 0.15) is 10.6 Å². The van der Waals surface area contributed by atoms with E-state index in [1.165, 1.54) is 7.11 Å². The summed E-state index contributed by atoms with van der Waals surface area (Å²) in [6, 6.07) is 5.34. The van der Waals surface area contributed by atoms with Gasteiger partial charge in [-0.15, -0.1) is 0 Å². The van der Waals surface area contributed by atoms with Crippen LogP contribution >= 0.6 is 0 Å². The quantitative estimate of drug-likeness (QED) is 0.901. The summed E-state index contributed by atoms with van der Waals surface area (Å²) < 4.78 is 32.8. The number of sulfonamides is 1. The standard InChI is InChI=1S/C15H24N2O3S/c1-11-7-12(2)17(10-11)21(18,19)15-8-13(9-16-3)5-6-14(15)20-4/h5-6,8,11-12,16H,7,9-10H2,1-4H3. The van der Waals surface area contributed by atoms with Gasteiger partial charge in [-0.3, -0.25) is 0 Å². The minimum absolute atomic E-state index is 0.0302. The molecule has 1 N–H and O–H groups in total. The van der Waals surface area contributed by atoms with Crippen LogP contribution in [0.25, 0.3) is 0 Å². The Morgan fingerprint density at radius 3 is 2.62 bits per heavy atom.